The fourth-order valence-corrected chi connectivity index (χ4v) is 2.14. The van der Waals surface area contributed by atoms with Gasteiger partial charge in [-0.25, -0.2) is 0 Å². The standard InChI is InChI=1S/C11H18N2O2/c1-3-9-11(15)13(6-10(14)12-9)5-8-4-7(8)2/h7-9H,3-6H2,1-2H3,(H,12,14). The van der Waals surface area contributed by atoms with Crippen LogP contribution in [0.3, 0.4) is 0 Å². The summed E-state index contributed by atoms with van der Waals surface area (Å²) in [5.41, 5.74) is 0. The highest BCUT2D eigenvalue weighted by Gasteiger charge is 2.38. The van der Waals surface area contributed by atoms with Gasteiger partial charge < -0.3 is 10.2 Å². The van der Waals surface area contributed by atoms with E-state index in [2.05, 4.69) is 12.2 Å². The van der Waals surface area contributed by atoms with Crippen molar-refractivity contribution in [2.75, 3.05) is 13.1 Å². The maximum atomic E-state index is 11.9. The topological polar surface area (TPSA) is 49.4 Å². The fourth-order valence-electron chi connectivity index (χ4n) is 2.14. The first-order valence-electron chi connectivity index (χ1n) is 5.70. The van der Waals surface area contributed by atoms with Crippen LogP contribution in [0.5, 0.6) is 0 Å². The van der Waals surface area contributed by atoms with Crippen molar-refractivity contribution in [1.29, 1.82) is 0 Å². The van der Waals surface area contributed by atoms with Crippen LogP contribution >= 0.6 is 0 Å². The maximum Gasteiger partial charge on any atom is 0.245 e. The van der Waals surface area contributed by atoms with Gasteiger partial charge in [0.25, 0.3) is 0 Å². The van der Waals surface area contributed by atoms with E-state index < -0.39 is 0 Å². The molecule has 0 spiro atoms. The third kappa shape index (κ3) is 2.13. The van der Waals surface area contributed by atoms with E-state index in [1.165, 1.54) is 6.42 Å². The Hall–Kier alpha value is -1.06. The summed E-state index contributed by atoms with van der Waals surface area (Å²) in [7, 11) is 0. The number of carbonyl (C=O) groups is 2. The highest BCUT2D eigenvalue weighted by molar-refractivity contribution is 5.94. The number of piperazine rings is 1. The molecule has 0 radical (unpaired) electrons. The second kappa shape index (κ2) is 3.83. The number of nitrogens with zero attached hydrogens (tertiary/aromatic N) is 1. The summed E-state index contributed by atoms with van der Waals surface area (Å²) >= 11 is 0. The lowest BCUT2D eigenvalue weighted by atomic mass is 10.1. The van der Waals surface area contributed by atoms with Crippen LogP contribution in [-0.2, 0) is 9.59 Å². The third-order valence-corrected chi connectivity index (χ3v) is 3.42. The van der Waals surface area contributed by atoms with Crippen molar-refractivity contribution >= 4 is 11.8 Å². The van der Waals surface area contributed by atoms with Crippen LogP contribution < -0.4 is 5.32 Å². The van der Waals surface area contributed by atoms with E-state index in [1.807, 2.05) is 6.92 Å². The van der Waals surface area contributed by atoms with Crippen LogP contribution in [0.1, 0.15) is 26.7 Å². The number of rotatable bonds is 3. The highest BCUT2D eigenvalue weighted by atomic mass is 16.2. The average molecular weight is 210 g/mol. The van der Waals surface area contributed by atoms with E-state index in [1.54, 1.807) is 4.90 Å². The minimum atomic E-state index is -0.291. The van der Waals surface area contributed by atoms with Gasteiger partial charge in [0.2, 0.25) is 11.8 Å². The molecule has 4 nitrogen and oxygen atoms in total. The molecule has 0 aromatic heterocycles. The van der Waals surface area contributed by atoms with Crippen molar-refractivity contribution in [2.45, 2.75) is 32.7 Å². The number of nitrogens with one attached hydrogen (secondary N) is 1. The van der Waals surface area contributed by atoms with E-state index in [9.17, 15) is 9.59 Å². The van der Waals surface area contributed by atoms with Gasteiger partial charge >= 0.3 is 0 Å². The smallest absolute Gasteiger partial charge is 0.245 e. The molecule has 1 aliphatic heterocycles. The van der Waals surface area contributed by atoms with Crippen LogP contribution in [0, 0.1) is 11.8 Å². The second-order valence-corrected chi connectivity index (χ2v) is 4.72. The first-order chi connectivity index (χ1) is 7.11. The molecule has 2 rings (SSSR count). The van der Waals surface area contributed by atoms with Gasteiger partial charge in [-0.05, 0) is 24.7 Å². The van der Waals surface area contributed by atoms with Crippen molar-refractivity contribution < 1.29 is 9.59 Å². The maximum absolute atomic E-state index is 11.9. The summed E-state index contributed by atoms with van der Waals surface area (Å²) < 4.78 is 0. The molecule has 1 N–H and O–H groups in total. The molecule has 1 aliphatic carbocycles. The number of carbonyl (C=O) groups excluding carboxylic acids is 2. The SMILES string of the molecule is CCC1NC(=O)CN(CC2CC2C)C1=O. The molecule has 3 atom stereocenters. The van der Waals surface area contributed by atoms with Crippen molar-refractivity contribution in [3.05, 3.63) is 0 Å². The van der Waals surface area contributed by atoms with Crippen molar-refractivity contribution in [3.63, 3.8) is 0 Å². The molecule has 84 valence electrons. The summed E-state index contributed by atoms with van der Waals surface area (Å²) in [5.74, 6) is 1.42. The van der Waals surface area contributed by atoms with E-state index in [-0.39, 0.29) is 24.4 Å². The zero-order valence-corrected chi connectivity index (χ0v) is 9.32. The molecule has 0 aromatic carbocycles. The summed E-state index contributed by atoms with van der Waals surface area (Å²) in [6.07, 6.45) is 1.88. The molecule has 3 unspecified atom stereocenters. The second-order valence-electron chi connectivity index (χ2n) is 4.72. The molecule has 1 saturated carbocycles. The summed E-state index contributed by atoms with van der Waals surface area (Å²) in [6.45, 7) is 5.13. The van der Waals surface area contributed by atoms with Crippen LogP contribution in [0.25, 0.3) is 0 Å². The van der Waals surface area contributed by atoms with Gasteiger partial charge in [0.15, 0.2) is 0 Å². The predicted octanol–water partition coefficient (Wildman–Crippen LogP) is 0.379. The normalized spacial score (nSPS) is 35.3. The summed E-state index contributed by atoms with van der Waals surface area (Å²) in [4.78, 5) is 25.0. The largest absolute Gasteiger partial charge is 0.343 e. The number of hydrogen-bond acceptors (Lipinski definition) is 2. The van der Waals surface area contributed by atoms with Gasteiger partial charge in [-0.3, -0.25) is 9.59 Å². The summed E-state index contributed by atoms with van der Waals surface area (Å²) in [6, 6.07) is -0.291. The minimum absolute atomic E-state index is 0.0187. The first kappa shape index (κ1) is 10.5. The Morgan fingerprint density at radius 2 is 2.13 bits per heavy atom. The average Bonchev–Trinajstić information content (AvgIpc) is 2.87. The highest BCUT2D eigenvalue weighted by Crippen LogP contribution is 2.38. The lowest BCUT2D eigenvalue weighted by Gasteiger charge is -2.32. The van der Waals surface area contributed by atoms with Gasteiger partial charge in [0.05, 0.1) is 6.54 Å². The molecule has 2 fully saturated rings. The van der Waals surface area contributed by atoms with E-state index in [0.717, 1.165) is 12.5 Å². The molecule has 1 saturated heterocycles. The van der Waals surface area contributed by atoms with E-state index >= 15 is 0 Å². The molecule has 0 bridgehead atoms. The Kier molecular flexibility index (Phi) is 2.67. The molecule has 1 heterocycles. The van der Waals surface area contributed by atoms with Gasteiger partial charge in [0, 0.05) is 6.54 Å². The molecule has 4 heteroatoms. The van der Waals surface area contributed by atoms with Crippen molar-refractivity contribution in [1.82, 2.24) is 10.2 Å². The number of amides is 2. The van der Waals surface area contributed by atoms with Gasteiger partial charge in [0.1, 0.15) is 6.04 Å². The van der Waals surface area contributed by atoms with Crippen LogP contribution in [0.4, 0.5) is 0 Å². The van der Waals surface area contributed by atoms with Crippen molar-refractivity contribution in [3.8, 4) is 0 Å². The van der Waals surface area contributed by atoms with Gasteiger partial charge in [-0.2, -0.15) is 0 Å². The molecule has 2 amide bonds. The minimum Gasteiger partial charge on any atom is -0.343 e. The molecule has 15 heavy (non-hydrogen) atoms. The lowest BCUT2D eigenvalue weighted by molar-refractivity contribution is -0.144. The monoisotopic (exact) mass is 210 g/mol. The Balaban J connectivity index is 1.96. The zero-order valence-electron chi connectivity index (χ0n) is 9.32. The Morgan fingerprint density at radius 1 is 1.47 bits per heavy atom. The quantitative estimate of drug-likeness (QED) is 0.732. The Morgan fingerprint density at radius 3 is 2.67 bits per heavy atom. The lowest BCUT2D eigenvalue weighted by Crippen LogP contribution is -2.58. The zero-order chi connectivity index (χ0) is 11.0. The number of hydrogen-bond donors (Lipinski definition) is 1. The molecule has 0 aromatic rings. The first-order valence-corrected chi connectivity index (χ1v) is 5.70. The van der Waals surface area contributed by atoms with Crippen LogP contribution in [-0.4, -0.2) is 35.8 Å². The molecular formula is C11H18N2O2. The van der Waals surface area contributed by atoms with Gasteiger partial charge in [-0.15, -0.1) is 0 Å². The summed E-state index contributed by atoms with van der Waals surface area (Å²) in [5, 5.41) is 2.72. The van der Waals surface area contributed by atoms with E-state index in [4.69, 9.17) is 0 Å². The van der Waals surface area contributed by atoms with Gasteiger partial charge in [-0.1, -0.05) is 13.8 Å². The van der Waals surface area contributed by atoms with E-state index in [0.29, 0.717) is 12.3 Å². The van der Waals surface area contributed by atoms with Crippen LogP contribution in [0.15, 0.2) is 0 Å². The molecule has 2 aliphatic rings. The fraction of sp³-hybridized carbons (Fsp3) is 0.818. The van der Waals surface area contributed by atoms with Crippen LogP contribution in [0.2, 0.25) is 0 Å². The third-order valence-electron chi connectivity index (χ3n) is 3.42. The van der Waals surface area contributed by atoms with Crippen molar-refractivity contribution in [2.24, 2.45) is 11.8 Å². The molecular weight excluding hydrogens is 192 g/mol. The predicted molar refractivity (Wildman–Crippen MR) is 56.1 cm³/mol. The Bertz CT molecular complexity index is 290. The Labute approximate surface area is 90.0 Å².